The average molecular weight is 270 g/mol. The van der Waals surface area contributed by atoms with Gasteiger partial charge in [-0.25, -0.2) is 9.67 Å². The molecule has 1 heterocycles. The minimum atomic E-state index is 0.508. The normalized spacial score (nSPS) is 10.2. The lowest BCUT2D eigenvalue weighted by Crippen LogP contribution is -2.12. The third-order valence-corrected chi connectivity index (χ3v) is 2.96. The molecule has 5 nitrogen and oxygen atoms in total. The first-order valence-electron chi connectivity index (χ1n) is 6.82. The van der Waals surface area contributed by atoms with Crippen LogP contribution in [0.15, 0.2) is 24.3 Å². The van der Waals surface area contributed by atoms with Gasteiger partial charge >= 0.3 is 0 Å². The topological polar surface area (TPSA) is 63.7 Å². The van der Waals surface area contributed by atoms with Crippen LogP contribution in [0.2, 0.25) is 0 Å². The maximum Gasteiger partial charge on any atom is 0.150 e. The Morgan fingerprint density at radius 1 is 1.30 bits per heavy atom. The Bertz CT molecular complexity index is 613. The third-order valence-electron chi connectivity index (χ3n) is 2.96. The second kappa shape index (κ2) is 6.71. The predicted molar refractivity (Wildman–Crippen MR) is 75.4 cm³/mol. The summed E-state index contributed by atoms with van der Waals surface area (Å²) in [5, 5.41) is 13.3. The molecule has 104 valence electrons. The highest BCUT2D eigenvalue weighted by molar-refractivity contribution is 5.36. The van der Waals surface area contributed by atoms with E-state index in [2.05, 4.69) is 23.1 Å². The van der Waals surface area contributed by atoms with Crippen LogP contribution < -0.4 is 4.74 Å². The van der Waals surface area contributed by atoms with Gasteiger partial charge in [-0.2, -0.15) is 10.4 Å². The van der Waals surface area contributed by atoms with Crippen molar-refractivity contribution in [3.8, 4) is 11.8 Å². The van der Waals surface area contributed by atoms with Crippen molar-refractivity contribution >= 4 is 0 Å². The lowest BCUT2D eigenvalue weighted by Gasteiger charge is -2.07. The molecule has 0 aliphatic carbocycles. The number of hydrogen-bond donors (Lipinski definition) is 0. The molecule has 2 rings (SSSR count). The summed E-state index contributed by atoms with van der Waals surface area (Å²) in [5.74, 6) is 2.56. The van der Waals surface area contributed by atoms with E-state index in [1.807, 2.05) is 23.7 Å². The molecule has 0 aliphatic rings. The first-order chi connectivity index (χ1) is 9.76. The van der Waals surface area contributed by atoms with Gasteiger partial charge in [-0.3, -0.25) is 0 Å². The Balaban J connectivity index is 1.95. The average Bonchev–Trinajstić information content (AvgIpc) is 2.90. The van der Waals surface area contributed by atoms with E-state index in [0.29, 0.717) is 24.5 Å². The first-order valence-corrected chi connectivity index (χ1v) is 6.82. The van der Waals surface area contributed by atoms with Crippen LogP contribution in [-0.4, -0.2) is 21.4 Å². The molecule has 0 aliphatic heterocycles. The quantitative estimate of drug-likeness (QED) is 0.808. The molecule has 1 aromatic carbocycles. The smallest absolute Gasteiger partial charge is 0.150 e. The van der Waals surface area contributed by atoms with Crippen LogP contribution in [0.25, 0.3) is 0 Å². The van der Waals surface area contributed by atoms with Crippen molar-refractivity contribution in [1.29, 1.82) is 5.26 Å². The Hall–Kier alpha value is -2.35. The molecule has 1 aromatic heterocycles. The molecule has 0 amide bonds. The molecular formula is C15H18N4O. The lowest BCUT2D eigenvalue weighted by atomic mass is 10.2. The van der Waals surface area contributed by atoms with Crippen LogP contribution in [-0.2, 0) is 19.4 Å². The van der Waals surface area contributed by atoms with E-state index in [0.717, 1.165) is 24.5 Å². The van der Waals surface area contributed by atoms with E-state index >= 15 is 0 Å². The highest BCUT2D eigenvalue weighted by Gasteiger charge is 2.06. The number of aryl methyl sites for hydroxylation is 2. The van der Waals surface area contributed by atoms with Crippen molar-refractivity contribution < 1.29 is 4.74 Å². The first kappa shape index (κ1) is 14.1. The third kappa shape index (κ3) is 3.35. The number of nitrogens with zero attached hydrogens (tertiary/aromatic N) is 4. The second-order valence-corrected chi connectivity index (χ2v) is 4.36. The molecular weight excluding hydrogens is 252 g/mol. The van der Waals surface area contributed by atoms with Gasteiger partial charge in [-0.15, -0.1) is 0 Å². The number of hydrogen-bond acceptors (Lipinski definition) is 4. The molecule has 0 fully saturated rings. The van der Waals surface area contributed by atoms with Crippen molar-refractivity contribution in [2.45, 2.75) is 33.2 Å². The fourth-order valence-electron chi connectivity index (χ4n) is 1.92. The van der Waals surface area contributed by atoms with Crippen LogP contribution in [0.4, 0.5) is 0 Å². The van der Waals surface area contributed by atoms with Crippen LogP contribution >= 0.6 is 0 Å². The van der Waals surface area contributed by atoms with E-state index in [1.54, 1.807) is 12.1 Å². The molecule has 0 N–H and O–H groups in total. The Labute approximate surface area is 118 Å². The Morgan fingerprint density at radius 3 is 2.85 bits per heavy atom. The Kier molecular flexibility index (Phi) is 4.72. The van der Waals surface area contributed by atoms with Gasteiger partial charge < -0.3 is 4.74 Å². The van der Waals surface area contributed by atoms with Crippen molar-refractivity contribution in [3.05, 3.63) is 41.5 Å². The molecule has 0 unspecified atom stereocenters. The minimum absolute atomic E-state index is 0.508. The summed E-state index contributed by atoms with van der Waals surface area (Å²) in [6.07, 6.45) is 1.70. The minimum Gasteiger partial charge on any atom is -0.492 e. The van der Waals surface area contributed by atoms with Gasteiger partial charge in [0.2, 0.25) is 0 Å². The number of rotatable bonds is 6. The van der Waals surface area contributed by atoms with Gasteiger partial charge in [0.1, 0.15) is 18.2 Å². The molecule has 5 heteroatoms. The van der Waals surface area contributed by atoms with Gasteiger partial charge in [-0.1, -0.05) is 19.9 Å². The van der Waals surface area contributed by atoms with Crippen molar-refractivity contribution in [2.24, 2.45) is 0 Å². The molecule has 2 aromatic rings. The summed E-state index contributed by atoms with van der Waals surface area (Å²) >= 11 is 0. The van der Waals surface area contributed by atoms with Crippen molar-refractivity contribution in [1.82, 2.24) is 14.8 Å². The van der Waals surface area contributed by atoms with E-state index in [1.165, 1.54) is 0 Å². The molecule has 0 atom stereocenters. The summed E-state index contributed by atoms with van der Waals surface area (Å²) in [5.41, 5.74) is 0.603. The molecule has 0 bridgehead atoms. The molecule has 0 saturated heterocycles. The number of benzene rings is 1. The summed E-state index contributed by atoms with van der Waals surface area (Å²) in [6.45, 7) is 5.28. The number of nitriles is 1. The summed E-state index contributed by atoms with van der Waals surface area (Å²) < 4.78 is 7.55. The maximum atomic E-state index is 8.84. The van der Waals surface area contributed by atoms with Gasteiger partial charge in [-0.05, 0) is 18.2 Å². The van der Waals surface area contributed by atoms with Gasteiger partial charge in [0, 0.05) is 12.8 Å². The summed E-state index contributed by atoms with van der Waals surface area (Å²) in [7, 11) is 0. The summed E-state index contributed by atoms with van der Waals surface area (Å²) in [4.78, 5) is 4.45. The fourth-order valence-corrected chi connectivity index (χ4v) is 1.92. The summed E-state index contributed by atoms with van der Waals surface area (Å²) in [6, 6.07) is 9.25. The lowest BCUT2D eigenvalue weighted by molar-refractivity contribution is 0.288. The van der Waals surface area contributed by atoms with Crippen LogP contribution in [0.5, 0.6) is 5.75 Å². The second-order valence-electron chi connectivity index (χ2n) is 4.36. The zero-order valence-corrected chi connectivity index (χ0v) is 11.8. The van der Waals surface area contributed by atoms with Gasteiger partial charge in [0.25, 0.3) is 0 Å². The van der Waals surface area contributed by atoms with E-state index in [-0.39, 0.29) is 0 Å². The van der Waals surface area contributed by atoms with Crippen molar-refractivity contribution in [3.63, 3.8) is 0 Å². The highest BCUT2D eigenvalue weighted by Crippen LogP contribution is 2.12. The zero-order chi connectivity index (χ0) is 14.4. The van der Waals surface area contributed by atoms with E-state index < -0.39 is 0 Å². The van der Waals surface area contributed by atoms with E-state index in [4.69, 9.17) is 10.00 Å². The van der Waals surface area contributed by atoms with Gasteiger partial charge in [0.15, 0.2) is 5.82 Å². The SMILES string of the molecule is CCc1nc(CC)n(CCOc2cccc(C#N)c2)n1. The Morgan fingerprint density at radius 2 is 2.15 bits per heavy atom. The molecule has 0 saturated carbocycles. The monoisotopic (exact) mass is 270 g/mol. The molecule has 0 radical (unpaired) electrons. The fraction of sp³-hybridized carbons (Fsp3) is 0.400. The zero-order valence-electron chi connectivity index (χ0n) is 11.8. The van der Waals surface area contributed by atoms with Crippen LogP contribution in [0.1, 0.15) is 31.1 Å². The predicted octanol–water partition coefficient (Wildman–Crippen LogP) is 2.35. The molecule has 20 heavy (non-hydrogen) atoms. The number of ether oxygens (including phenoxy) is 1. The standard InChI is InChI=1S/C15H18N4O/c1-3-14-17-15(4-2)19(18-14)8-9-20-13-7-5-6-12(10-13)11-16/h5-7,10H,3-4,8-9H2,1-2H3. The van der Waals surface area contributed by atoms with Crippen molar-refractivity contribution in [2.75, 3.05) is 6.61 Å². The number of aromatic nitrogens is 3. The largest absolute Gasteiger partial charge is 0.492 e. The van der Waals surface area contributed by atoms with Crippen LogP contribution in [0.3, 0.4) is 0 Å². The highest BCUT2D eigenvalue weighted by atomic mass is 16.5. The van der Waals surface area contributed by atoms with Gasteiger partial charge in [0.05, 0.1) is 18.2 Å². The maximum absolute atomic E-state index is 8.84. The van der Waals surface area contributed by atoms with Crippen LogP contribution in [0, 0.1) is 11.3 Å². The van der Waals surface area contributed by atoms with E-state index in [9.17, 15) is 0 Å². The molecule has 0 spiro atoms.